The van der Waals surface area contributed by atoms with Crippen molar-refractivity contribution in [1.29, 1.82) is 0 Å². The molecule has 30 heavy (non-hydrogen) atoms. The summed E-state index contributed by atoms with van der Waals surface area (Å²) in [5.74, 6) is 0.0400. The molecule has 4 rings (SSSR count). The van der Waals surface area contributed by atoms with E-state index in [-0.39, 0.29) is 29.4 Å². The molecule has 2 unspecified atom stereocenters. The highest BCUT2D eigenvalue weighted by Gasteiger charge is 2.37. The molecule has 0 bridgehead atoms. The normalized spacial score (nSPS) is 18.9. The van der Waals surface area contributed by atoms with Crippen LogP contribution in [0.1, 0.15) is 11.4 Å². The number of fused-ring (bicyclic) bond motifs is 1. The lowest BCUT2D eigenvalue weighted by Crippen LogP contribution is -2.37. The van der Waals surface area contributed by atoms with Crippen molar-refractivity contribution in [2.24, 2.45) is 4.99 Å². The highest BCUT2D eigenvalue weighted by atomic mass is 35.5. The van der Waals surface area contributed by atoms with Gasteiger partial charge in [-0.1, -0.05) is 23.7 Å². The summed E-state index contributed by atoms with van der Waals surface area (Å²) in [6.45, 7) is 0.892. The number of thiazole rings is 1. The van der Waals surface area contributed by atoms with Crippen LogP contribution in [0.5, 0.6) is 0 Å². The third-order valence-corrected chi connectivity index (χ3v) is 6.11. The van der Waals surface area contributed by atoms with Crippen LogP contribution in [0.3, 0.4) is 0 Å². The summed E-state index contributed by atoms with van der Waals surface area (Å²) in [6.07, 6.45) is 3.95. The lowest BCUT2D eigenvalue weighted by Gasteiger charge is -2.26. The zero-order chi connectivity index (χ0) is 21.7. The number of esters is 1. The van der Waals surface area contributed by atoms with Gasteiger partial charge in [0.05, 0.1) is 35.2 Å². The van der Waals surface area contributed by atoms with Gasteiger partial charge >= 0.3 is 5.97 Å². The Morgan fingerprint density at radius 1 is 1.43 bits per heavy atom. The molecular formula is C19H20ClFN4O3S2. The van der Waals surface area contributed by atoms with E-state index in [2.05, 4.69) is 14.7 Å². The molecule has 1 aromatic carbocycles. The molecule has 0 radical (unpaired) electrons. The number of methoxy groups -OCH3 is 1. The molecule has 2 aliphatic rings. The van der Waals surface area contributed by atoms with Crippen LogP contribution < -0.4 is 4.72 Å². The number of carbonyl (C=O) groups excluding carboxylic acids is 1. The van der Waals surface area contributed by atoms with Crippen LogP contribution in [0.2, 0.25) is 5.02 Å². The number of aromatic nitrogens is 1. The van der Waals surface area contributed by atoms with Crippen LogP contribution in [0.25, 0.3) is 0 Å². The predicted octanol–water partition coefficient (Wildman–Crippen LogP) is 2.77. The molecule has 7 nitrogen and oxygen atoms in total. The van der Waals surface area contributed by atoms with Crippen LogP contribution in [0.15, 0.2) is 52.1 Å². The Kier molecular flexibility index (Phi) is 7.70. The van der Waals surface area contributed by atoms with Gasteiger partial charge in [-0.3, -0.25) is 4.99 Å². The second-order valence-corrected chi connectivity index (χ2v) is 8.84. The number of ether oxygens (including phenoxy) is 1. The first kappa shape index (κ1) is 22.5. The SMILES string of the molecule is COC(=O)C1=C2CC(NS(C)=O)CN2C(c2nccs2)=NC1.Fc1ccccc1Cl. The maximum Gasteiger partial charge on any atom is 0.337 e. The summed E-state index contributed by atoms with van der Waals surface area (Å²) in [7, 11) is 0.258. The van der Waals surface area contributed by atoms with Gasteiger partial charge in [-0.2, -0.15) is 0 Å². The van der Waals surface area contributed by atoms with Gasteiger partial charge in [0, 0.05) is 42.5 Å². The maximum absolute atomic E-state index is 12.2. The first-order chi connectivity index (χ1) is 14.4. The summed E-state index contributed by atoms with van der Waals surface area (Å²) in [4.78, 5) is 22.8. The number of aliphatic imine (C=N–C) groups is 1. The van der Waals surface area contributed by atoms with Crippen molar-refractivity contribution in [1.82, 2.24) is 14.6 Å². The number of nitrogens with one attached hydrogen (secondary N) is 1. The summed E-state index contributed by atoms with van der Waals surface area (Å²) in [5.41, 5.74) is 1.45. The molecule has 2 aromatic rings. The van der Waals surface area contributed by atoms with Crippen molar-refractivity contribution < 1.29 is 18.1 Å². The Bertz CT molecular complexity index is 976. The lowest BCUT2D eigenvalue weighted by molar-refractivity contribution is -0.136. The van der Waals surface area contributed by atoms with Gasteiger partial charge in [0.15, 0.2) is 10.8 Å². The van der Waals surface area contributed by atoms with Gasteiger partial charge in [0.25, 0.3) is 0 Å². The Morgan fingerprint density at radius 2 is 2.20 bits per heavy atom. The number of rotatable bonds is 4. The summed E-state index contributed by atoms with van der Waals surface area (Å²) >= 11 is 6.84. The van der Waals surface area contributed by atoms with E-state index in [4.69, 9.17) is 16.3 Å². The van der Waals surface area contributed by atoms with E-state index in [1.807, 2.05) is 10.3 Å². The molecule has 11 heteroatoms. The van der Waals surface area contributed by atoms with E-state index in [1.54, 1.807) is 24.6 Å². The van der Waals surface area contributed by atoms with Crippen LogP contribution in [-0.4, -0.2) is 58.4 Å². The molecule has 3 heterocycles. The number of amidine groups is 1. The molecule has 1 fully saturated rings. The molecule has 1 saturated heterocycles. The topological polar surface area (TPSA) is 83.9 Å². The third kappa shape index (κ3) is 5.31. The van der Waals surface area contributed by atoms with Gasteiger partial charge in [-0.15, -0.1) is 11.3 Å². The molecular weight excluding hydrogens is 451 g/mol. The zero-order valence-electron chi connectivity index (χ0n) is 16.3. The molecule has 1 N–H and O–H groups in total. The summed E-state index contributed by atoms with van der Waals surface area (Å²) in [5, 5.41) is 2.89. The number of hydrogen-bond donors (Lipinski definition) is 1. The van der Waals surface area contributed by atoms with Crippen molar-refractivity contribution in [2.75, 3.05) is 26.5 Å². The molecule has 0 aliphatic carbocycles. The van der Waals surface area contributed by atoms with E-state index in [1.165, 1.54) is 30.6 Å². The number of carbonyl (C=O) groups is 1. The highest BCUT2D eigenvalue weighted by Crippen LogP contribution is 2.31. The van der Waals surface area contributed by atoms with E-state index in [9.17, 15) is 13.4 Å². The fourth-order valence-electron chi connectivity index (χ4n) is 3.15. The van der Waals surface area contributed by atoms with Crippen LogP contribution in [0.4, 0.5) is 4.39 Å². The Labute approximate surface area is 185 Å². The Morgan fingerprint density at radius 3 is 2.77 bits per heavy atom. The predicted molar refractivity (Wildman–Crippen MR) is 116 cm³/mol. The van der Waals surface area contributed by atoms with E-state index >= 15 is 0 Å². The molecule has 2 atom stereocenters. The summed E-state index contributed by atoms with van der Waals surface area (Å²) in [6, 6.07) is 6.12. The minimum Gasteiger partial charge on any atom is -0.466 e. The molecule has 2 aliphatic heterocycles. The van der Waals surface area contributed by atoms with Crippen LogP contribution in [-0.2, 0) is 20.5 Å². The monoisotopic (exact) mass is 470 g/mol. The number of nitrogens with zero attached hydrogens (tertiary/aromatic N) is 3. The number of halogens is 2. The van der Waals surface area contributed by atoms with Crippen molar-refractivity contribution in [2.45, 2.75) is 12.5 Å². The molecule has 0 saturated carbocycles. The van der Waals surface area contributed by atoms with Crippen LogP contribution in [0, 0.1) is 5.82 Å². The van der Waals surface area contributed by atoms with Gasteiger partial charge in [-0.05, 0) is 12.1 Å². The van der Waals surface area contributed by atoms with Crippen LogP contribution >= 0.6 is 22.9 Å². The average molecular weight is 471 g/mol. The standard InChI is InChI=1S/C13H16N4O3S2.C6H4ClF/c1-20-13(18)9-6-15-11(12-14-3-4-21-12)17-7-8(5-10(9)17)16-22(2)19;7-5-3-1-2-4-6(5)8/h3-4,8,16H,5-7H2,1-2H3;1-4H. The van der Waals surface area contributed by atoms with Gasteiger partial charge < -0.3 is 9.64 Å². The summed E-state index contributed by atoms with van der Waals surface area (Å²) < 4.78 is 31.5. The fraction of sp³-hybridized carbons (Fsp3) is 0.316. The molecule has 0 spiro atoms. The van der Waals surface area contributed by atoms with Gasteiger partial charge in [-0.25, -0.2) is 23.1 Å². The van der Waals surface area contributed by atoms with Crippen molar-refractivity contribution in [3.63, 3.8) is 0 Å². The van der Waals surface area contributed by atoms with Gasteiger partial charge in [0.2, 0.25) is 0 Å². The highest BCUT2D eigenvalue weighted by molar-refractivity contribution is 7.82. The lowest BCUT2D eigenvalue weighted by atomic mass is 10.1. The van der Waals surface area contributed by atoms with E-state index in [0.29, 0.717) is 18.5 Å². The second-order valence-electron chi connectivity index (χ2n) is 6.39. The number of benzene rings is 1. The van der Waals surface area contributed by atoms with Crippen molar-refractivity contribution in [3.8, 4) is 0 Å². The van der Waals surface area contributed by atoms with Crippen molar-refractivity contribution >= 4 is 45.7 Å². The van der Waals surface area contributed by atoms with E-state index in [0.717, 1.165) is 16.5 Å². The van der Waals surface area contributed by atoms with E-state index < -0.39 is 11.0 Å². The van der Waals surface area contributed by atoms with Gasteiger partial charge in [0.1, 0.15) is 5.82 Å². The molecule has 0 amide bonds. The molecule has 160 valence electrons. The minimum absolute atomic E-state index is 0.00347. The largest absolute Gasteiger partial charge is 0.466 e. The second kappa shape index (κ2) is 10.3. The number of hydrogen-bond acceptors (Lipinski definition) is 7. The first-order valence-electron chi connectivity index (χ1n) is 8.92. The third-order valence-electron chi connectivity index (χ3n) is 4.37. The average Bonchev–Trinajstić information content (AvgIpc) is 3.39. The maximum atomic E-state index is 12.2. The van der Waals surface area contributed by atoms with Crippen molar-refractivity contribution in [3.05, 3.63) is 63.0 Å². The smallest absolute Gasteiger partial charge is 0.337 e. The Hall–Kier alpha value is -2.14. The minimum atomic E-state index is -1.11. The Balaban J connectivity index is 0.000000269. The molecule has 1 aromatic heterocycles. The zero-order valence-corrected chi connectivity index (χ0v) is 18.7. The quantitative estimate of drug-likeness (QED) is 0.695. The fourth-order valence-corrected chi connectivity index (χ4v) is 4.56. The first-order valence-corrected chi connectivity index (χ1v) is 11.7.